The van der Waals surface area contributed by atoms with Crippen molar-refractivity contribution < 1.29 is 13.2 Å². The van der Waals surface area contributed by atoms with Crippen LogP contribution in [0.3, 0.4) is 0 Å². The maximum atomic E-state index is 12.1. The van der Waals surface area contributed by atoms with Gasteiger partial charge in [-0.3, -0.25) is 4.79 Å². The number of nitrogens with two attached hydrogens (primary N) is 1. The van der Waals surface area contributed by atoms with Gasteiger partial charge in [0, 0.05) is 12.5 Å². The first kappa shape index (κ1) is 14.3. The Morgan fingerprint density at radius 2 is 2.05 bits per heavy atom. The number of carbonyl (C=O) groups is 1. The van der Waals surface area contributed by atoms with Gasteiger partial charge >= 0.3 is 0 Å². The number of nitrogens with one attached hydrogen (secondary N) is 1. The van der Waals surface area contributed by atoms with Crippen molar-refractivity contribution in [3.63, 3.8) is 0 Å². The van der Waals surface area contributed by atoms with Gasteiger partial charge in [-0.25, -0.2) is 8.42 Å². The molecule has 0 aliphatic heterocycles. The van der Waals surface area contributed by atoms with Gasteiger partial charge in [-0.2, -0.15) is 0 Å². The van der Waals surface area contributed by atoms with Crippen LogP contribution in [0.1, 0.15) is 36.4 Å². The summed E-state index contributed by atoms with van der Waals surface area (Å²) in [6, 6.07) is 0. The first-order valence-corrected chi connectivity index (χ1v) is 8.82. The number of rotatable bonds is 6. The fourth-order valence-electron chi connectivity index (χ4n) is 1.87. The normalized spacial score (nSPS) is 15.5. The maximum Gasteiger partial charge on any atom is 0.183 e. The lowest BCUT2D eigenvalue weighted by Crippen LogP contribution is -2.10. The van der Waals surface area contributed by atoms with Crippen molar-refractivity contribution in [1.29, 1.82) is 0 Å². The van der Waals surface area contributed by atoms with Gasteiger partial charge in [0.05, 0.1) is 16.3 Å². The molecule has 0 bridgehead atoms. The summed E-state index contributed by atoms with van der Waals surface area (Å²) in [4.78, 5) is 12.6. The van der Waals surface area contributed by atoms with Gasteiger partial charge in [-0.05, 0) is 19.8 Å². The second-order valence-electron chi connectivity index (χ2n) is 4.58. The number of hydrogen-bond acceptors (Lipinski definition) is 6. The number of thiophene rings is 1. The number of carbonyl (C=O) groups excluding carboxylic acids is 1. The minimum Gasteiger partial charge on any atom is -0.396 e. The largest absolute Gasteiger partial charge is 0.396 e. The highest BCUT2D eigenvalue weighted by molar-refractivity contribution is 7.91. The van der Waals surface area contributed by atoms with E-state index < -0.39 is 9.84 Å². The van der Waals surface area contributed by atoms with Gasteiger partial charge in [0.25, 0.3) is 0 Å². The number of hydrogen-bond donors (Lipinski definition) is 2. The minimum atomic E-state index is -3.43. The van der Waals surface area contributed by atoms with Crippen LogP contribution in [0.25, 0.3) is 0 Å². The van der Waals surface area contributed by atoms with E-state index in [0.717, 1.165) is 24.2 Å². The average Bonchev–Trinajstić information content (AvgIpc) is 3.14. The van der Waals surface area contributed by atoms with Crippen LogP contribution in [-0.4, -0.2) is 26.5 Å². The lowest BCUT2D eigenvalue weighted by atomic mass is 10.2. The molecule has 1 heterocycles. The van der Waals surface area contributed by atoms with Crippen LogP contribution in [0.4, 0.5) is 10.7 Å². The summed E-state index contributed by atoms with van der Waals surface area (Å²) in [5.41, 5.74) is 6.06. The van der Waals surface area contributed by atoms with Gasteiger partial charge in [-0.1, -0.05) is 6.92 Å². The van der Waals surface area contributed by atoms with Gasteiger partial charge in [-0.15, -0.1) is 11.3 Å². The topological polar surface area (TPSA) is 89.3 Å². The predicted octanol–water partition coefficient (Wildman–Crippen LogP) is 2.15. The van der Waals surface area contributed by atoms with E-state index in [9.17, 15) is 13.2 Å². The Kier molecular flexibility index (Phi) is 3.87. The number of sulfone groups is 1. The van der Waals surface area contributed by atoms with Crippen molar-refractivity contribution in [2.24, 2.45) is 5.92 Å². The first-order valence-electron chi connectivity index (χ1n) is 6.35. The Morgan fingerprint density at radius 3 is 2.53 bits per heavy atom. The zero-order valence-electron chi connectivity index (χ0n) is 11.0. The molecule has 1 aromatic heterocycles. The number of Topliss-reactive ketones (excluding diaryl/α,β-unsaturated/α-hetero) is 1. The van der Waals surface area contributed by atoms with Crippen molar-refractivity contribution in [2.45, 2.75) is 31.6 Å². The zero-order chi connectivity index (χ0) is 14.2. The highest BCUT2D eigenvalue weighted by atomic mass is 32.2. The molecule has 0 unspecified atom stereocenters. The molecule has 1 aliphatic rings. The van der Waals surface area contributed by atoms with E-state index >= 15 is 0 Å². The summed E-state index contributed by atoms with van der Waals surface area (Å²) < 4.78 is 24.2. The molecular formula is C12H18N2O3S2. The third-order valence-corrected chi connectivity index (χ3v) is 6.21. The van der Waals surface area contributed by atoms with E-state index in [0.29, 0.717) is 16.4 Å². The minimum absolute atomic E-state index is 0.0146. The Bertz CT molecular complexity index is 601. The summed E-state index contributed by atoms with van der Waals surface area (Å²) in [6.07, 6.45) is 1.76. The molecule has 2 rings (SSSR count). The van der Waals surface area contributed by atoms with E-state index in [4.69, 9.17) is 5.73 Å². The summed E-state index contributed by atoms with van der Waals surface area (Å²) in [5, 5.41) is 3.49. The van der Waals surface area contributed by atoms with E-state index in [1.54, 1.807) is 6.92 Å². The van der Waals surface area contributed by atoms with E-state index in [-0.39, 0.29) is 28.0 Å². The van der Waals surface area contributed by atoms with E-state index in [1.165, 1.54) is 0 Å². The molecule has 7 heteroatoms. The summed E-state index contributed by atoms with van der Waals surface area (Å²) >= 11 is 1.16. The van der Waals surface area contributed by atoms with Crippen molar-refractivity contribution in [3.8, 4) is 0 Å². The van der Waals surface area contributed by atoms with Crippen LogP contribution >= 0.6 is 11.3 Å². The molecule has 0 saturated heterocycles. The van der Waals surface area contributed by atoms with Crippen molar-refractivity contribution in [1.82, 2.24) is 0 Å². The number of anilines is 2. The molecule has 0 aromatic carbocycles. The molecule has 0 spiro atoms. The smallest absolute Gasteiger partial charge is 0.183 e. The molecule has 1 saturated carbocycles. The van der Waals surface area contributed by atoms with Gasteiger partial charge < -0.3 is 11.1 Å². The zero-order valence-corrected chi connectivity index (χ0v) is 12.7. The molecule has 0 atom stereocenters. The van der Waals surface area contributed by atoms with Crippen molar-refractivity contribution in [2.75, 3.05) is 23.3 Å². The van der Waals surface area contributed by atoms with Crippen LogP contribution in [0, 0.1) is 5.92 Å². The number of nitrogen functional groups attached to an aromatic ring is 1. The monoisotopic (exact) mass is 302 g/mol. The third-order valence-electron chi connectivity index (χ3n) is 3.10. The van der Waals surface area contributed by atoms with E-state index in [1.807, 2.05) is 6.92 Å². The van der Waals surface area contributed by atoms with Crippen molar-refractivity contribution in [3.05, 3.63) is 4.88 Å². The third kappa shape index (κ3) is 2.62. The SMILES string of the molecule is CCNc1sc(C(=O)C2CC2)c(N)c1S(=O)(=O)CC. The Morgan fingerprint density at radius 1 is 1.42 bits per heavy atom. The molecule has 3 N–H and O–H groups in total. The van der Waals surface area contributed by atoms with Crippen LogP contribution in [0.2, 0.25) is 0 Å². The standard InChI is InChI=1S/C12H18N2O3S2/c1-3-14-12-11(19(16,17)4-2)8(13)10(18-12)9(15)7-5-6-7/h7,14H,3-6,13H2,1-2H3. The molecule has 19 heavy (non-hydrogen) atoms. The second kappa shape index (κ2) is 5.13. The fraction of sp³-hybridized carbons (Fsp3) is 0.583. The molecule has 106 valence electrons. The molecular weight excluding hydrogens is 284 g/mol. The Hall–Kier alpha value is -1.08. The van der Waals surface area contributed by atoms with Crippen LogP contribution < -0.4 is 11.1 Å². The average molecular weight is 302 g/mol. The molecule has 1 fully saturated rings. The second-order valence-corrected chi connectivity index (χ2v) is 7.81. The lowest BCUT2D eigenvalue weighted by molar-refractivity contribution is 0.0972. The fourth-order valence-corrected chi connectivity index (χ4v) is 4.63. The highest BCUT2D eigenvalue weighted by Gasteiger charge is 2.36. The molecule has 5 nitrogen and oxygen atoms in total. The molecule has 1 aromatic rings. The van der Waals surface area contributed by atoms with Crippen LogP contribution in [0.5, 0.6) is 0 Å². The Labute approximate surface area is 117 Å². The maximum absolute atomic E-state index is 12.1. The quantitative estimate of drug-likeness (QED) is 0.786. The van der Waals surface area contributed by atoms with Crippen LogP contribution in [0.15, 0.2) is 4.90 Å². The van der Waals surface area contributed by atoms with E-state index in [2.05, 4.69) is 5.32 Å². The van der Waals surface area contributed by atoms with Crippen molar-refractivity contribution >= 4 is 37.6 Å². The Balaban J connectivity index is 2.54. The van der Waals surface area contributed by atoms with Gasteiger partial charge in [0.15, 0.2) is 15.6 Å². The lowest BCUT2D eigenvalue weighted by Gasteiger charge is -2.05. The summed E-state index contributed by atoms with van der Waals surface area (Å²) in [6.45, 7) is 4.04. The molecule has 0 amide bonds. The number of ketones is 1. The van der Waals surface area contributed by atoms with Crippen LogP contribution in [-0.2, 0) is 9.84 Å². The predicted molar refractivity (Wildman–Crippen MR) is 77.7 cm³/mol. The molecule has 0 radical (unpaired) electrons. The highest BCUT2D eigenvalue weighted by Crippen LogP contribution is 2.43. The molecule has 1 aliphatic carbocycles. The van der Waals surface area contributed by atoms with Gasteiger partial charge in [0.1, 0.15) is 9.90 Å². The summed E-state index contributed by atoms with van der Waals surface area (Å²) in [7, 11) is -3.43. The van der Waals surface area contributed by atoms with Gasteiger partial charge in [0.2, 0.25) is 0 Å². The summed E-state index contributed by atoms with van der Waals surface area (Å²) in [5.74, 6) is -0.00422. The first-order chi connectivity index (χ1) is 8.92.